The highest BCUT2D eigenvalue weighted by Crippen LogP contribution is 2.26. The van der Waals surface area contributed by atoms with Crippen molar-refractivity contribution in [2.24, 2.45) is 9.98 Å². The monoisotopic (exact) mass is 325 g/mol. The normalized spacial score (nSPS) is 23.8. The molecule has 0 amide bonds. The van der Waals surface area contributed by atoms with Crippen molar-refractivity contribution in [3.05, 3.63) is 59.6 Å². The lowest BCUT2D eigenvalue weighted by Gasteiger charge is -2.36. The van der Waals surface area contributed by atoms with Crippen molar-refractivity contribution in [2.45, 2.75) is 38.3 Å². The standard InChI is InChI=1S/C20H24FN3/c1-22-11-4-5-17-13-19(23-14-17)20-6-2-3-12-24(20)15-16-7-9-18(21)10-8-16/h4-5,7-11,20H,1-3,6,12-15H2/b11-4-,17-5-. The van der Waals surface area contributed by atoms with Crippen LogP contribution in [0.3, 0.4) is 0 Å². The smallest absolute Gasteiger partial charge is 0.123 e. The van der Waals surface area contributed by atoms with Gasteiger partial charge in [-0.15, -0.1) is 0 Å². The van der Waals surface area contributed by atoms with E-state index in [4.69, 9.17) is 4.99 Å². The highest BCUT2D eigenvalue weighted by Gasteiger charge is 2.29. The van der Waals surface area contributed by atoms with Crippen LogP contribution in [-0.2, 0) is 6.54 Å². The number of halogens is 1. The van der Waals surface area contributed by atoms with E-state index in [-0.39, 0.29) is 5.82 Å². The molecule has 0 aromatic heterocycles. The molecular weight excluding hydrogens is 301 g/mol. The minimum absolute atomic E-state index is 0.175. The largest absolute Gasteiger partial charge is 0.291 e. The summed E-state index contributed by atoms with van der Waals surface area (Å²) < 4.78 is 13.1. The number of allylic oxidation sites excluding steroid dienone is 2. The van der Waals surface area contributed by atoms with Gasteiger partial charge in [-0.25, -0.2) is 4.39 Å². The Bertz CT molecular complexity index is 658. The molecule has 2 heterocycles. The molecule has 2 aliphatic heterocycles. The van der Waals surface area contributed by atoms with E-state index in [2.05, 4.69) is 22.7 Å². The summed E-state index contributed by atoms with van der Waals surface area (Å²) in [5.41, 5.74) is 3.79. The quantitative estimate of drug-likeness (QED) is 0.747. The Kier molecular flexibility index (Phi) is 5.70. The lowest BCUT2D eigenvalue weighted by atomic mass is 9.94. The number of nitrogens with zero attached hydrogens (tertiary/aromatic N) is 3. The Morgan fingerprint density at radius 3 is 2.92 bits per heavy atom. The van der Waals surface area contributed by atoms with E-state index in [1.54, 1.807) is 18.3 Å². The summed E-state index contributed by atoms with van der Waals surface area (Å²) in [6.07, 6.45) is 10.3. The van der Waals surface area contributed by atoms with Gasteiger partial charge in [-0.3, -0.25) is 14.9 Å². The van der Waals surface area contributed by atoms with E-state index in [1.807, 2.05) is 18.2 Å². The van der Waals surface area contributed by atoms with Crippen LogP contribution >= 0.6 is 0 Å². The molecule has 4 heteroatoms. The Morgan fingerprint density at radius 1 is 1.29 bits per heavy atom. The zero-order valence-corrected chi connectivity index (χ0v) is 14.0. The van der Waals surface area contributed by atoms with Gasteiger partial charge in [-0.05, 0) is 55.4 Å². The minimum Gasteiger partial charge on any atom is -0.291 e. The SMILES string of the molecule is C=N/C=C\C=C1/CN=C(C2CCCCN2Cc2ccc(F)cc2)C1. The summed E-state index contributed by atoms with van der Waals surface area (Å²) in [4.78, 5) is 11.0. The molecule has 0 spiro atoms. The summed E-state index contributed by atoms with van der Waals surface area (Å²) in [5.74, 6) is -0.175. The molecule has 0 radical (unpaired) electrons. The molecule has 1 saturated heterocycles. The van der Waals surface area contributed by atoms with Gasteiger partial charge in [0.2, 0.25) is 0 Å². The molecule has 1 aromatic carbocycles. The molecule has 0 aliphatic carbocycles. The third kappa shape index (κ3) is 4.26. The fourth-order valence-corrected chi connectivity index (χ4v) is 3.50. The van der Waals surface area contributed by atoms with Gasteiger partial charge in [0, 0.05) is 30.9 Å². The number of rotatable bonds is 5. The first kappa shape index (κ1) is 16.8. The number of hydrogen-bond donors (Lipinski definition) is 0. The fourth-order valence-electron chi connectivity index (χ4n) is 3.50. The van der Waals surface area contributed by atoms with Crippen molar-refractivity contribution < 1.29 is 4.39 Å². The van der Waals surface area contributed by atoms with E-state index < -0.39 is 0 Å². The average molecular weight is 325 g/mol. The fraction of sp³-hybridized carbons (Fsp3) is 0.400. The summed E-state index contributed by atoms with van der Waals surface area (Å²) in [6, 6.07) is 7.27. The first-order valence-electron chi connectivity index (χ1n) is 8.58. The molecule has 3 rings (SSSR count). The van der Waals surface area contributed by atoms with E-state index >= 15 is 0 Å². The molecule has 1 unspecified atom stereocenters. The van der Waals surface area contributed by atoms with Gasteiger partial charge < -0.3 is 0 Å². The van der Waals surface area contributed by atoms with Crippen LogP contribution in [0.4, 0.5) is 4.39 Å². The van der Waals surface area contributed by atoms with Crippen molar-refractivity contribution in [3.8, 4) is 0 Å². The van der Waals surface area contributed by atoms with E-state index in [9.17, 15) is 4.39 Å². The first-order chi connectivity index (χ1) is 11.8. The van der Waals surface area contributed by atoms with Gasteiger partial charge >= 0.3 is 0 Å². The third-order valence-electron chi connectivity index (χ3n) is 4.71. The van der Waals surface area contributed by atoms with Crippen LogP contribution in [-0.4, -0.2) is 36.5 Å². The molecule has 126 valence electrons. The molecule has 24 heavy (non-hydrogen) atoms. The number of aliphatic imine (C=N–C) groups is 2. The minimum atomic E-state index is -0.175. The van der Waals surface area contributed by atoms with Crippen LogP contribution < -0.4 is 0 Å². The molecule has 1 fully saturated rings. The maximum atomic E-state index is 13.1. The predicted octanol–water partition coefficient (Wildman–Crippen LogP) is 4.17. The molecule has 0 N–H and O–H groups in total. The van der Waals surface area contributed by atoms with Crippen molar-refractivity contribution in [1.29, 1.82) is 0 Å². The lowest BCUT2D eigenvalue weighted by molar-refractivity contribution is 0.183. The van der Waals surface area contributed by atoms with Crippen LogP contribution in [0, 0.1) is 5.82 Å². The van der Waals surface area contributed by atoms with Gasteiger partial charge in [0.1, 0.15) is 5.82 Å². The number of piperidine rings is 1. The second-order valence-electron chi connectivity index (χ2n) is 6.44. The van der Waals surface area contributed by atoms with Crippen molar-refractivity contribution in [1.82, 2.24) is 4.90 Å². The van der Waals surface area contributed by atoms with Crippen molar-refractivity contribution in [2.75, 3.05) is 13.1 Å². The summed E-state index contributed by atoms with van der Waals surface area (Å²) >= 11 is 0. The molecule has 0 bridgehead atoms. The van der Waals surface area contributed by atoms with Gasteiger partial charge in [0.15, 0.2) is 0 Å². The summed E-state index contributed by atoms with van der Waals surface area (Å²) in [5, 5.41) is 0. The molecule has 1 aromatic rings. The van der Waals surface area contributed by atoms with Crippen molar-refractivity contribution >= 4 is 12.4 Å². The highest BCUT2D eigenvalue weighted by molar-refractivity contribution is 5.93. The highest BCUT2D eigenvalue weighted by atomic mass is 19.1. The van der Waals surface area contributed by atoms with Crippen LogP contribution in [0.25, 0.3) is 0 Å². The summed E-state index contributed by atoms with van der Waals surface area (Å²) in [6.45, 7) is 6.18. The zero-order valence-electron chi connectivity index (χ0n) is 14.0. The van der Waals surface area contributed by atoms with Crippen LogP contribution in [0.5, 0.6) is 0 Å². The van der Waals surface area contributed by atoms with Gasteiger partial charge in [0.05, 0.1) is 6.54 Å². The van der Waals surface area contributed by atoms with Gasteiger partial charge in [-0.2, -0.15) is 0 Å². The molecule has 2 aliphatic rings. The molecule has 3 nitrogen and oxygen atoms in total. The number of likely N-dealkylation sites (tertiary alicyclic amines) is 1. The van der Waals surface area contributed by atoms with Gasteiger partial charge in [-0.1, -0.05) is 24.6 Å². The van der Waals surface area contributed by atoms with Crippen LogP contribution in [0.15, 0.2) is 58.2 Å². The van der Waals surface area contributed by atoms with Gasteiger partial charge in [0.25, 0.3) is 0 Å². The summed E-state index contributed by atoms with van der Waals surface area (Å²) in [7, 11) is 0. The second kappa shape index (κ2) is 8.15. The maximum Gasteiger partial charge on any atom is 0.123 e. The Morgan fingerprint density at radius 2 is 2.12 bits per heavy atom. The molecule has 1 atom stereocenters. The van der Waals surface area contributed by atoms with Crippen molar-refractivity contribution in [3.63, 3.8) is 0 Å². The number of hydrogen-bond acceptors (Lipinski definition) is 3. The molecule has 0 saturated carbocycles. The van der Waals surface area contributed by atoms with Crippen LogP contribution in [0.1, 0.15) is 31.2 Å². The average Bonchev–Trinajstić information content (AvgIpc) is 3.06. The second-order valence-corrected chi connectivity index (χ2v) is 6.44. The Labute approximate surface area is 143 Å². The molecular formula is C20H24FN3. The predicted molar refractivity (Wildman–Crippen MR) is 98.1 cm³/mol. The number of benzene rings is 1. The Balaban J connectivity index is 1.66. The van der Waals surface area contributed by atoms with E-state index in [0.717, 1.165) is 38.0 Å². The third-order valence-corrected chi connectivity index (χ3v) is 4.71. The zero-order chi connectivity index (χ0) is 16.8. The lowest BCUT2D eigenvalue weighted by Crippen LogP contribution is -2.43. The Hall–Kier alpha value is -2.07. The maximum absolute atomic E-state index is 13.1. The van der Waals surface area contributed by atoms with Crippen LogP contribution in [0.2, 0.25) is 0 Å². The first-order valence-corrected chi connectivity index (χ1v) is 8.58. The van der Waals surface area contributed by atoms with E-state index in [0.29, 0.717) is 6.04 Å². The van der Waals surface area contributed by atoms with E-state index in [1.165, 1.54) is 24.1 Å². The topological polar surface area (TPSA) is 28.0 Å².